The number of nitrogens with one attached hydrogen (secondary N) is 2. The molecule has 5 heteroatoms. The minimum atomic E-state index is -0.946. The highest BCUT2D eigenvalue weighted by molar-refractivity contribution is 5.82. The first-order valence-electron chi connectivity index (χ1n) is 9.11. The molecule has 0 saturated carbocycles. The molecule has 4 atom stereocenters. The van der Waals surface area contributed by atoms with Crippen LogP contribution >= 0.6 is 0 Å². The highest BCUT2D eigenvalue weighted by atomic mass is 16.3. The first-order valence-corrected chi connectivity index (χ1v) is 9.11. The molecule has 1 fully saturated rings. The molecular formula is C21H26N2O3. The van der Waals surface area contributed by atoms with Crippen LogP contribution in [-0.2, 0) is 4.79 Å². The fourth-order valence-corrected chi connectivity index (χ4v) is 3.54. The smallest absolute Gasteiger partial charge is 0.237 e. The highest BCUT2D eigenvalue weighted by Crippen LogP contribution is 2.27. The summed E-state index contributed by atoms with van der Waals surface area (Å²) in [6.07, 6.45) is 0.748. The van der Waals surface area contributed by atoms with E-state index < -0.39 is 12.1 Å². The molecular weight excluding hydrogens is 328 g/mol. The Hall–Kier alpha value is -2.21. The van der Waals surface area contributed by atoms with Gasteiger partial charge in [0.15, 0.2) is 0 Å². The van der Waals surface area contributed by atoms with Crippen molar-refractivity contribution in [2.75, 3.05) is 13.2 Å². The molecule has 1 amide bonds. The van der Waals surface area contributed by atoms with Gasteiger partial charge in [-0.2, -0.15) is 0 Å². The maximum absolute atomic E-state index is 12.7. The number of carbonyl (C=O) groups is 1. The predicted octanol–water partition coefficient (Wildman–Crippen LogP) is 1.73. The van der Waals surface area contributed by atoms with E-state index in [0.29, 0.717) is 17.9 Å². The number of hydrogen-bond acceptors (Lipinski definition) is 4. The number of carbonyl (C=O) groups excluding carboxylic acids is 1. The fraction of sp³-hybridized carbons (Fsp3) is 0.381. The van der Waals surface area contributed by atoms with Gasteiger partial charge in [-0.05, 0) is 36.4 Å². The summed E-state index contributed by atoms with van der Waals surface area (Å²) in [5.74, 6) is 0.152. The lowest BCUT2D eigenvalue weighted by Gasteiger charge is -2.31. The van der Waals surface area contributed by atoms with Crippen molar-refractivity contribution in [2.45, 2.75) is 36.9 Å². The second kappa shape index (κ2) is 8.94. The Morgan fingerprint density at radius 2 is 1.77 bits per heavy atom. The van der Waals surface area contributed by atoms with Gasteiger partial charge >= 0.3 is 0 Å². The summed E-state index contributed by atoms with van der Waals surface area (Å²) in [7, 11) is 0. The molecule has 4 N–H and O–H groups in total. The molecule has 138 valence electrons. The molecule has 0 aromatic heterocycles. The van der Waals surface area contributed by atoms with Crippen LogP contribution in [0.4, 0.5) is 0 Å². The minimum Gasteiger partial charge on any atom is -0.394 e. The maximum Gasteiger partial charge on any atom is 0.237 e. The van der Waals surface area contributed by atoms with Crippen molar-refractivity contribution >= 4 is 5.91 Å². The predicted molar refractivity (Wildman–Crippen MR) is 101 cm³/mol. The fourth-order valence-electron chi connectivity index (χ4n) is 3.54. The molecule has 1 aliphatic rings. The quantitative estimate of drug-likeness (QED) is 0.637. The minimum absolute atomic E-state index is 0.181. The normalized spacial score (nSPS) is 22.4. The van der Waals surface area contributed by atoms with Crippen LogP contribution in [0.2, 0.25) is 0 Å². The summed E-state index contributed by atoms with van der Waals surface area (Å²) >= 11 is 0. The first-order chi connectivity index (χ1) is 12.7. The zero-order valence-electron chi connectivity index (χ0n) is 14.7. The van der Waals surface area contributed by atoms with E-state index in [1.807, 2.05) is 36.4 Å². The Bertz CT molecular complexity index is 693. The number of benzene rings is 2. The van der Waals surface area contributed by atoms with E-state index >= 15 is 0 Å². The molecule has 26 heavy (non-hydrogen) atoms. The van der Waals surface area contributed by atoms with Crippen molar-refractivity contribution in [3.05, 3.63) is 71.8 Å². The van der Waals surface area contributed by atoms with Gasteiger partial charge in [0.05, 0.1) is 18.7 Å². The first kappa shape index (κ1) is 18.6. The van der Waals surface area contributed by atoms with Crippen LogP contribution in [0.3, 0.4) is 0 Å². The number of aliphatic hydroxyl groups excluding tert-OH is 2. The summed E-state index contributed by atoms with van der Waals surface area (Å²) in [6.45, 7) is 0.444. The van der Waals surface area contributed by atoms with E-state index in [9.17, 15) is 15.0 Å². The SMILES string of the molecule is O=C(N[C@@H](CO)[C@@H](O)c1ccccc1)C1C[C@@H](c2ccccc2)CCN1. The molecule has 3 rings (SSSR count). The van der Waals surface area contributed by atoms with Crippen molar-refractivity contribution in [3.63, 3.8) is 0 Å². The molecule has 5 nitrogen and oxygen atoms in total. The molecule has 2 aromatic rings. The number of amides is 1. The molecule has 0 spiro atoms. The lowest BCUT2D eigenvalue weighted by molar-refractivity contribution is -0.126. The summed E-state index contributed by atoms with van der Waals surface area (Å²) in [5, 5.41) is 26.2. The second-order valence-corrected chi connectivity index (χ2v) is 6.79. The standard InChI is InChI=1S/C21H26N2O3/c24-14-19(20(25)16-9-5-2-6-10-16)23-21(26)18-13-17(11-12-22-18)15-7-3-1-4-8-15/h1-10,17-20,22,24-25H,11-14H2,(H,23,26)/t17-,18?,19-,20-/m0/s1. The Morgan fingerprint density at radius 1 is 1.12 bits per heavy atom. The monoisotopic (exact) mass is 354 g/mol. The largest absolute Gasteiger partial charge is 0.394 e. The zero-order chi connectivity index (χ0) is 18.4. The van der Waals surface area contributed by atoms with E-state index in [-0.39, 0.29) is 18.6 Å². The van der Waals surface area contributed by atoms with Gasteiger partial charge in [0.2, 0.25) is 5.91 Å². The molecule has 0 aliphatic carbocycles. The summed E-state index contributed by atoms with van der Waals surface area (Å²) < 4.78 is 0. The Kier molecular flexibility index (Phi) is 6.39. The number of piperidine rings is 1. The average Bonchev–Trinajstić information content (AvgIpc) is 2.72. The summed E-state index contributed by atoms with van der Waals surface area (Å²) in [4.78, 5) is 12.7. The van der Waals surface area contributed by atoms with Crippen LogP contribution < -0.4 is 10.6 Å². The van der Waals surface area contributed by atoms with Crippen molar-refractivity contribution < 1.29 is 15.0 Å². The summed E-state index contributed by atoms with van der Waals surface area (Å²) in [5.41, 5.74) is 1.92. The van der Waals surface area contributed by atoms with Crippen LogP contribution in [0, 0.1) is 0 Å². The van der Waals surface area contributed by atoms with Crippen molar-refractivity contribution in [1.29, 1.82) is 0 Å². The van der Waals surface area contributed by atoms with Crippen LogP contribution in [-0.4, -0.2) is 41.4 Å². The molecule has 1 unspecified atom stereocenters. The van der Waals surface area contributed by atoms with Gasteiger partial charge < -0.3 is 20.8 Å². The Labute approximate surface area is 154 Å². The maximum atomic E-state index is 12.7. The number of aliphatic hydroxyl groups is 2. The third kappa shape index (κ3) is 4.49. The van der Waals surface area contributed by atoms with Crippen molar-refractivity contribution in [3.8, 4) is 0 Å². The number of hydrogen-bond donors (Lipinski definition) is 4. The van der Waals surface area contributed by atoms with E-state index in [1.54, 1.807) is 12.1 Å². The molecule has 1 saturated heterocycles. The molecule has 1 heterocycles. The van der Waals surface area contributed by atoms with Crippen LogP contribution in [0.5, 0.6) is 0 Å². The third-order valence-corrected chi connectivity index (χ3v) is 5.04. The molecule has 0 bridgehead atoms. The zero-order valence-corrected chi connectivity index (χ0v) is 14.7. The van der Waals surface area contributed by atoms with Gasteiger partial charge in [0.1, 0.15) is 6.10 Å². The van der Waals surface area contributed by atoms with Gasteiger partial charge in [-0.15, -0.1) is 0 Å². The van der Waals surface area contributed by atoms with Gasteiger partial charge in [-0.3, -0.25) is 4.79 Å². The van der Waals surface area contributed by atoms with E-state index in [2.05, 4.69) is 22.8 Å². The van der Waals surface area contributed by atoms with Gasteiger partial charge in [0, 0.05) is 0 Å². The molecule has 0 radical (unpaired) electrons. The van der Waals surface area contributed by atoms with Crippen molar-refractivity contribution in [1.82, 2.24) is 10.6 Å². The molecule has 1 aliphatic heterocycles. The lowest BCUT2D eigenvalue weighted by Crippen LogP contribution is -2.53. The number of rotatable bonds is 6. The summed E-state index contributed by atoms with van der Waals surface area (Å²) in [6, 6.07) is 18.2. The molecule has 2 aromatic carbocycles. The van der Waals surface area contributed by atoms with E-state index in [4.69, 9.17) is 0 Å². The lowest BCUT2D eigenvalue weighted by atomic mass is 9.86. The van der Waals surface area contributed by atoms with Crippen LogP contribution in [0.15, 0.2) is 60.7 Å². The van der Waals surface area contributed by atoms with Crippen LogP contribution in [0.1, 0.15) is 36.0 Å². The second-order valence-electron chi connectivity index (χ2n) is 6.79. The Balaban J connectivity index is 1.62. The topological polar surface area (TPSA) is 81.6 Å². The van der Waals surface area contributed by atoms with E-state index in [1.165, 1.54) is 5.56 Å². The van der Waals surface area contributed by atoms with E-state index in [0.717, 1.165) is 13.0 Å². The van der Waals surface area contributed by atoms with Gasteiger partial charge in [0.25, 0.3) is 0 Å². The Morgan fingerprint density at radius 3 is 2.42 bits per heavy atom. The van der Waals surface area contributed by atoms with Gasteiger partial charge in [-0.25, -0.2) is 0 Å². The van der Waals surface area contributed by atoms with Crippen molar-refractivity contribution in [2.24, 2.45) is 0 Å². The van der Waals surface area contributed by atoms with Gasteiger partial charge in [-0.1, -0.05) is 60.7 Å². The van der Waals surface area contributed by atoms with Crippen LogP contribution in [0.25, 0.3) is 0 Å². The highest BCUT2D eigenvalue weighted by Gasteiger charge is 2.30. The third-order valence-electron chi connectivity index (χ3n) is 5.04. The average molecular weight is 354 g/mol.